The van der Waals surface area contributed by atoms with E-state index in [1.807, 2.05) is 0 Å². The van der Waals surface area contributed by atoms with Crippen molar-refractivity contribution in [1.82, 2.24) is 4.57 Å². The topological polar surface area (TPSA) is 20.0 Å². The summed E-state index contributed by atoms with van der Waals surface area (Å²) >= 11 is 0. The van der Waals surface area contributed by atoms with Crippen LogP contribution in [0.2, 0.25) is 0 Å². The molecule has 0 bridgehead atoms. The molecule has 0 radical (unpaired) electrons. The molecule has 2 atom stereocenters. The molecule has 5 aromatic carbocycles. The van der Waals surface area contributed by atoms with Crippen LogP contribution in [0.3, 0.4) is 0 Å². The van der Waals surface area contributed by atoms with Crippen molar-refractivity contribution < 1.29 is 4.58 Å². The van der Waals surface area contributed by atoms with Gasteiger partial charge in [0, 0.05) is 57.6 Å². The van der Waals surface area contributed by atoms with Crippen molar-refractivity contribution in [3.05, 3.63) is 149 Å². The SMILES string of the molecule is CCCC(C)n1/c(=C/C=C2\CCC(/C=C/C3=[N+](C(C)CCC)c4cccc5cccc3c45)=C2Nc2ccccc2)c2cccc3cccc1c32. The summed E-state index contributed by atoms with van der Waals surface area (Å²) in [4.78, 5) is 0. The molecule has 0 saturated heterocycles. The van der Waals surface area contributed by atoms with E-state index in [0.717, 1.165) is 44.2 Å². The van der Waals surface area contributed by atoms with Crippen LogP contribution in [-0.4, -0.2) is 20.9 Å². The van der Waals surface area contributed by atoms with Gasteiger partial charge in [0.1, 0.15) is 0 Å². The molecule has 1 aliphatic carbocycles. The van der Waals surface area contributed by atoms with Crippen LogP contribution in [0.5, 0.6) is 0 Å². The summed E-state index contributed by atoms with van der Waals surface area (Å²) in [5.74, 6) is 0. The number of rotatable bonds is 11. The van der Waals surface area contributed by atoms with E-state index in [0.29, 0.717) is 12.1 Å². The zero-order chi connectivity index (χ0) is 34.2. The van der Waals surface area contributed by atoms with Crippen molar-refractivity contribution in [2.24, 2.45) is 0 Å². The highest BCUT2D eigenvalue weighted by atomic mass is 15.1. The van der Waals surface area contributed by atoms with Gasteiger partial charge >= 0.3 is 0 Å². The first-order chi connectivity index (χ1) is 24.6. The van der Waals surface area contributed by atoms with Crippen LogP contribution >= 0.6 is 0 Å². The third-order valence-corrected chi connectivity index (χ3v) is 10.9. The molecule has 250 valence electrons. The first kappa shape index (κ1) is 32.1. The molecule has 0 fully saturated rings. The lowest BCUT2D eigenvalue weighted by Gasteiger charge is -2.15. The number of allylic oxidation sites excluding steroid dienone is 5. The molecule has 50 heavy (non-hydrogen) atoms. The van der Waals surface area contributed by atoms with Crippen LogP contribution in [0.15, 0.2) is 138 Å². The molecule has 8 rings (SSSR count). The van der Waals surface area contributed by atoms with Crippen LogP contribution in [0.1, 0.15) is 77.8 Å². The van der Waals surface area contributed by atoms with Crippen molar-refractivity contribution in [3.8, 4) is 0 Å². The van der Waals surface area contributed by atoms with Gasteiger partial charge < -0.3 is 9.88 Å². The fourth-order valence-electron chi connectivity index (χ4n) is 8.62. The van der Waals surface area contributed by atoms with Crippen LogP contribution in [0.4, 0.5) is 11.4 Å². The fourth-order valence-corrected chi connectivity index (χ4v) is 8.62. The number of hydrogen-bond donors (Lipinski definition) is 1. The number of hydrogen-bond acceptors (Lipinski definition) is 1. The van der Waals surface area contributed by atoms with Crippen molar-refractivity contribution >= 4 is 55.6 Å². The molecular weight excluding hydrogens is 607 g/mol. The Labute approximate surface area is 296 Å². The molecule has 3 heteroatoms. The number of nitrogens with one attached hydrogen (secondary N) is 1. The van der Waals surface area contributed by atoms with E-state index in [-0.39, 0.29) is 0 Å². The summed E-state index contributed by atoms with van der Waals surface area (Å²) in [6, 6.07) is 38.5. The predicted octanol–water partition coefficient (Wildman–Crippen LogP) is 11.8. The van der Waals surface area contributed by atoms with Crippen LogP contribution in [-0.2, 0) is 0 Å². The molecule has 1 aliphatic heterocycles. The lowest BCUT2D eigenvalue weighted by atomic mass is 10.0. The summed E-state index contributed by atoms with van der Waals surface area (Å²) in [6.07, 6.45) is 16.2. The Morgan fingerprint density at radius 3 is 2.22 bits per heavy atom. The average molecular weight is 655 g/mol. The van der Waals surface area contributed by atoms with Gasteiger partial charge in [-0.05, 0) is 91.8 Å². The van der Waals surface area contributed by atoms with Crippen LogP contribution < -0.4 is 10.7 Å². The van der Waals surface area contributed by atoms with Gasteiger partial charge in [0.15, 0.2) is 6.04 Å². The van der Waals surface area contributed by atoms with Crippen molar-refractivity contribution in [2.45, 2.75) is 78.3 Å². The first-order valence-corrected chi connectivity index (χ1v) is 18.7. The highest BCUT2D eigenvalue weighted by Gasteiger charge is 2.33. The summed E-state index contributed by atoms with van der Waals surface area (Å²) in [5.41, 5.74) is 10.4. The number of anilines is 1. The average Bonchev–Trinajstić information content (AvgIpc) is 3.78. The Morgan fingerprint density at radius 1 is 0.720 bits per heavy atom. The smallest absolute Gasteiger partial charge is 0.214 e. The summed E-state index contributed by atoms with van der Waals surface area (Å²) in [5, 5.41) is 11.9. The molecule has 1 aromatic heterocycles. The minimum absolute atomic E-state index is 0.414. The highest BCUT2D eigenvalue weighted by Crippen LogP contribution is 2.39. The second-order valence-corrected chi connectivity index (χ2v) is 14.2. The minimum atomic E-state index is 0.414. The van der Waals surface area contributed by atoms with Gasteiger partial charge in [0.2, 0.25) is 11.4 Å². The van der Waals surface area contributed by atoms with E-state index < -0.39 is 0 Å². The molecule has 0 amide bonds. The maximum Gasteiger partial charge on any atom is 0.214 e. The first-order valence-electron chi connectivity index (χ1n) is 18.7. The molecule has 6 aromatic rings. The molecular formula is C47H48N3+. The summed E-state index contributed by atoms with van der Waals surface area (Å²) in [7, 11) is 0. The lowest BCUT2D eigenvalue weighted by molar-refractivity contribution is -0.476. The van der Waals surface area contributed by atoms with Gasteiger partial charge in [-0.2, -0.15) is 4.58 Å². The molecule has 1 N–H and O–H groups in total. The van der Waals surface area contributed by atoms with E-state index in [1.165, 1.54) is 71.6 Å². The van der Waals surface area contributed by atoms with Crippen molar-refractivity contribution in [3.63, 3.8) is 0 Å². The normalized spacial score (nSPS) is 17.1. The zero-order valence-electron chi connectivity index (χ0n) is 29.9. The van der Waals surface area contributed by atoms with Gasteiger partial charge in [0.05, 0.1) is 10.9 Å². The highest BCUT2D eigenvalue weighted by molar-refractivity contribution is 6.19. The summed E-state index contributed by atoms with van der Waals surface area (Å²) in [6.45, 7) is 9.33. The fraction of sp³-hybridized carbons (Fsp3) is 0.255. The second kappa shape index (κ2) is 13.6. The Morgan fingerprint density at radius 2 is 1.44 bits per heavy atom. The van der Waals surface area contributed by atoms with E-state index in [9.17, 15) is 0 Å². The van der Waals surface area contributed by atoms with Gasteiger partial charge in [-0.3, -0.25) is 0 Å². The third-order valence-electron chi connectivity index (χ3n) is 10.9. The Kier molecular flexibility index (Phi) is 8.75. The standard InChI is InChI=1S/C47H47N3/c1-5-14-32(3)49-41(39-22-10-16-34-18-12-24-43(49)45(34)39)30-28-36-26-27-37(47(36)48-38-20-8-7-9-21-38)29-31-42-40-23-11-17-35-19-13-25-44(46(35)40)50(42)33(4)15-6-2/h7-13,16-25,28-33H,5-6,14-15,26-27H2,1-4H3/p+1/b36-28+,41-30+. The van der Waals surface area contributed by atoms with Gasteiger partial charge in [-0.25, -0.2) is 0 Å². The lowest BCUT2D eigenvalue weighted by Crippen LogP contribution is -2.22. The predicted molar refractivity (Wildman–Crippen MR) is 215 cm³/mol. The maximum absolute atomic E-state index is 3.87. The molecule has 0 spiro atoms. The van der Waals surface area contributed by atoms with E-state index >= 15 is 0 Å². The number of aromatic nitrogens is 1. The maximum atomic E-state index is 3.87. The van der Waals surface area contributed by atoms with E-state index in [1.54, 1.807) is 0 Å². The number of para-hydroxylation sites is 1. The minimum Gasteiger partial charge on any atom is -0.355 e. The third kappa shape index (κ3) is 5.59. The van der Waals surface area contributed by atoms with Crippen LogP contribution in [0, 0.1) is 0 Å². The molecule has 0 saturated carbocycles. The van der Waals surface area contributed by atoms with Gasteiger partial charge in [0.25, 0.3) is 0 Å². The Bertz CT molecular complexity index is 2390. The van der Waals surface area contributed by atoms with Gasteiger partial charge in [-0.1, -0.05) is 105 Å². The number of nitrogens with zero attached hydrogens (tertiary/aromatic N) is 2. The van der Waals surface area contributed by atoms with Gasteiger partial charge in [-0.15, -0.1) is 0 Å². The van der Waals surface area contributed by atoms with Crippen LogP contribution in [0.25, 0.3) is 38.5 Å². The molecule has 3 nitrogen and oxygen atoms in total. The largest absolute Gasteiger partial charge is 0.355 e. The molecule has 2 aliphatic rings. The van der Waals surface area contributed by atoms with E-state index in [2.05, 4.69) is 170 Å². The molecule has 2 heterocycles. The number of benzene rings is 5. The van der Waals surface area contributed by atoms with E-state index in [4.69, 9.17) is 0 Å². The Hall–Kier alpha value is -5.15. The van der Waals surface area contributed by atoms with Crippen molar-refractivity contribution in [2.75, 3.05) is 5.32 Å². The Balaban J connectivity index is 1.27. The quantitative estimate of drug-likeness (QED) is 0.138. The van der Waals surface area contributed by atoms with Crippen molar-refractivity contribution in [1.29, 1.82) is 0 Å². The summed E-state index contributed by atoms with van der Waals surface area (Å²) < 4.78 is 5.17. The zero-order valence-corrected chi connectivity index (χ0v) is 29.9. The monoisotopic (exact) mass is 654 g/mol. The second-order valence-electron chi connectivity index (χ2n) is 14.2. The molecule has 2 unspecified atom stereocenters.